The quantitative estimate of drug-likeness (QED) is 0.669. The van der Waals surface area contributed by atoms with Gasteiger partial charge in [-0.05, 0) is 23.1 Å². The lowest BCUT2D eigenvalue weighted by atomic mass is 10.0. The Morgan fingerprint density at radius 3 is 2.30 bits per heavy atom. The number of aliphatic hydroxyl groups excluding tert-OH is 1. The molecule has 2 aromatic carbocycles. The third kappa shape index (κ3) is 3.52. The van der Waals surface area contributed by atoms with Crippen LogP contribution < -0.4 is 0 Å². The summed E-state index contributed by atoms with van der Waals surface area (Å²) in [5.41, 5.74) is 2.89. The van der Waals surface area contributed by atoms with Crippen molar-refractivity contribution in [2.24, 2.45) is 0 Å². The number of rotatable bonds is 5. The Balaban J connectivity index is 2.12. The van der Waals surface area contributed by atoms with Gasteiger partial charge < -0.3 is 5.11 Å². The van der Waals surface area contributed by atoms with Crippen LogP contribution in [0.3, 0.4) is 0 Å². The lowest BCUT2D eigenvalue weighted by Gasteiger charge is -2.04. The Bertz CT molecular complexity index is 603. The molecule has 0 aliphatic rings. The molecule has 0 atom stereocenters. The summed E-state index contributed by atoms with van der Waals surface area (Å²) in [6, 6.07) is 16.1. The Kier molecular flexibility index (Phi) is 4.63. The molecule has 102 valence electrons. The van der Waals surface area contributed by atoms with E-state index in [9.17, 15) is 15.2 Å². The third-order valence-corrected chi connectivity index (χ3v) is 3.05. The maximum Gasteiger partial charge on any atom is 0.269 e. The minimum atomic E-state index is -0.414. The van der Waals surface area contributed by atoms with E-state index < -0.39 is 4.92 Å². The minimum absolute atomic E-state index is 0.0308. The van der Waals surface area contributed by atoms with E-state index in [0.29, 0.717) is 6.42 Å². The van der Waals surface area contributed by atoms with Gasteiger partial charge in [-0.3, -0.25) is 10.1 Å². The smallest absolute Gasteiger partial charge is 0.269 e. The average molecular weight is 269 g/mol. The molecule has 0 bridgehead atoms. The van der Waals surface area contributed by atoms with E-state index in [4.69, 9.17) is 0 Å². The summed E-state index contributed by atoms with van der Waals surface area (Å²) in [6.45, 7) is -0.0308. The van der Waals surface area contributed by atoms with Crippen molar-refractivity contribution >= 4 is 11.3 Å². The zero-order valence-corrected chi connectivity index (χ0v) is 10.9. The summed E-state index contributed by atoms with van der Waals surface area (Å²) in [7, 11) is 0. The van der Waals surface area contributed by atoms with E-state index in [1.54, 1.807) is 12.1 Å². The Morgan fingerprint density at radius 2 is 1.75 bits per heavy atom. The van der Waals surface area contributed by atoms with E-state index in [-0.39, 0.29) is 12.3 Å². The van der Waals surface area contributed by atoms with Crippen LogP contribution in [0.25, 0.3) is 5.57 Å². The van der Waals surface area contributed by atoms with Gasteiger partial charge in [-0.25, -0.2) is 0 Å². The van der Waals surface area contributed by atoms with E-state index in [0.717, 1.165) is 16.7 Å². The van der Waals surface area contributed by atoms with Crippen LogP contribution in [0.5, 0.6) is 0 Å². The highest BCUT2D eigenvalue weighted by Gasteiger charge is 2.04. The second-order valence-corrected chi connectivity index (χ2v) is 4.38. The lowest BCUT2D eigenvalue weighted by Crippen LogP contribution is -1.92. The van der Waals surface area contributed by atoms with Gasteiger partial charge in [0.1, 0.15) is 0 Å². The second kappa shape index (κ2) is 6.63. The first-order valence-corrected chi connectivity index (χ1v) is 6.29. The normalized spacial score (nSPS) is 11.3. The molecule has 0 saturated heterocycles. The van der Waals surface area contributed by atoms with Gasteiger partial charge in [0, 0.05) is 12.1 Å². The maximum absolute atomic E-state index is 10.6. The van der Waals surface area contributed by atoms with Crippen molar-refractivity contribution in [3.05, 3.63) is 81.9 Å². The second-order valence-electron chi connectivity index (χ2n) is 4.38. The maximum atomic E-state index is 10.6. The van der Waals surface area contributed by atoms with Crippen LogP contribution in [0.2, 0.25) is 0 Å². The van der Waals surface area contributed by atoms with Crippen molar-refractivity contribution in [1.29, 1.82) is 0 Å². The summed E-state index contributed by atoms with van der Waals surface area (Å²) < 4.78 is 0. The summed E-state index contributed by atoms with van der Waals surface area (Å²) in [5, 5.41) is 20.0. The van der Waals surface area contributed by atoms with Gasteiger partial charge >= 0.3 is 0 Å². The molecule has 1 N–H and O–H groups in total. The Hall–Kier alpha value is -2.46. The van der Waals surface area contributed by atoms with E-state index in [1.165, 1.54) is 12.1 Å². The molecule has 0 amide bonds. The van der Waals surface area contributed by atoms with Gasteiger partial charge in [0.05, 0.1) is 11.5 Å². The standard InChI is InChI=1S/C16H15NO3/c18-12-15(14-4-2-1-3-5-14)9-6-13-7-10-16(11-8-13)17(19)20/h1-5,7-11,18H,6,12H2/b15-9+. The number of nitro benzene ring substituents is 1. The zero-order chi connectivity index (χ0) is 14.4. The van der Waals surface area contributed by atoms with Crippen LogP contribution in [-0.2, 0) is 6.42 Å². The summed E-state index contributed by atoms with van der Waals surface area (Å²) in [6.07, 6.45) is 2.57. The van der Waals surface area contributed by atoms with Crippen LogP contribution in [0.1, 0.15) is 11.1 Å². The SMILES string of the molecule is O=[N+]([O-])c1ccc(C/C=C(\CO)c2ccccc2)cc1. The fraction of sp³-hybridized carbons (Fsp3) is 0.125. The van der Waals surface area contributed by atoms with Gasteiger partial charge in [0.15, 0.2) is 0 Å². The number of non-ortho nitro benzene ring substituents is 1. The van der Waals surface area contributed by atoms with Gasteiger partial charge in [-0.2, -0.15) is 0 Å². The molecule has 0 unspecified atom stereocenters. The molecule has 2 rings (SSSR count). The van der Waals surface area contributed by atoms with Gasteiger partial charge in [0.25, 0.3) is 5.69 Å². The number of nitrogens with zero attached hydrogens (tertiary/aromatic N) is 1. The third-order valence-electron chi connectivity index (χ3n) is 3.05. The van der Waals surface area contributed by atoms with Crippen molar-refractivity contribution in [3.8, 4) is 0 Å². The molecule has 4 nitrogen and oxygen atoms in total. The van der Waals surface area contributed by atoms with Crippen LogP contribution in [0.4, 0.5) is 5.69 Å². The van der Waals surface area contributed by atoms with Crippen molar-refractivity contribution in [2.75, 3.05) is 6.61 Å². The van der Waals surface area contributed by atoms with Crippen LogP contribution in [0, 0.1) is 10.1 Å². The molecular formula is C16H15NO3. The topological polar surface area (TPSA) is 63.4 Å². The van der Waals surface area contributed by atoms with E-state index in [2.05, 4.69) is 0 Å². The summed E-state index contributed by atoms with van der Waals surface area (Å²) >= 11 is 0. The van der Waals surface area contributed by atoms with Crippen molar-refractivity contribution in [2.45, 2.75) is 6.42 Å². The lowest BCUT2D eigenvalue weighted by molar-refractivity contribution is -0.384. The van der Waals surface area contributed by atoms with Gasteiger partial charge in [-0.1, -0.05) is 48.5 Å². The van der Waals surface area contributed by atoms with Crippen LogP contribution in [-0.4, -0.2) is 16.6 Å². The predicted octanol–water partition coefficient (Wildman–Crippen LogP) is 3.21. The number of allylic oxidation sites excluding steroid dienone is 1. The van der Waals surface area contributed by atoms with Crippen LogP contribution in [0.15, 0.2) is 60.7 Å². The van der Waals surface area contributed by atoms with Gasteiger partial charge in [-0.15, -0.1) is 0 Å². The highest BCUT2D eigenvalue weighted by atomic mass is 16.6. The Morgan fingerprint density at radius 1 is 1.10 bits per heavy atom. The molecule has 0 spiro atoms. The summed E-state index contributed by atoms with van der Waals surface area (Å²) in [5.74, 6) is 0. The molecular weight excluding hydrogens is 254 g/mol. The first-order valence-electron chi connectivity index (χ1n) is 6.29. The molecule has 0 heterocycles. The number of benzene rings is 2. The summed E-state index contributed by atoms with van der Waals surface area (Å²) in [4.78, 5) is 10.2. The zero-order valence-electron chi connectivity index (χ0n) is 10.9. The van der Waals surface area contributed by atoms with Crippen LogP contribution >= 0.6 is 0 Å². The molecule has 4 heteroatoms. The van der Waals surface area contributed by atoms with E-state index in [1.807, 2.05) is 36.4 Å². The molecule has 0 radical (unpaired) electrons. The Labute approximate surface area is 117 Å². The molecule has 0 fully saturated rings. The predicted molar refractivity (Wildman–Crippen MR) is 78.3 cm³/mol. The first kappa shape index (κ1) is 14.0. The van der Waals surface area contributed by atoms with Crippen molar-refractivity contribution < 1.29 is 10.0 Å². The van der Waals surface area contributed by atoms with Crippen molar-refractivity contribution in [3.63, 3.8) is 0 Å². The molecule has 2 aromatic rings. The molecule has 0 aromatic heterocycles. The number of aliphatic hydroxyl groups is 1. The fourth-order valence-corrected chi connectivity index (χ4v) is 1.92. The fourth-order valence-electron chi connectivity index (χ4n) is 1.92. The number of hydrogen-bond acceptors (Lipinski definition) is 3. The van der Waals surface area contributed by atoms with Gasteiger partial charge in [0.2, 0.25) is 0 Å². The largest absolute Gasteiger partial charge is 0.392 e. The first-order chi connectivity index (χ1) is 9.70. The molecule has 0 aliphatic heterocycles. The molecule has 20 heavy (non-hydrogen) atoms. The monoisotopic (exact) mass is 269 g/mol. The van der Waals surface area contributed by atoms with Crippen molar-refractivity contribution in [1.82, 2.24) is 0 Å². The highest BCUT2D eigenvalue weighted by molar-refractivity contribution is 5.66. The highest BCUT2D eigenvalue weighted by Crippen LogP contribution is 2.16. The van der Waals surface area contributed by atoms with E-state index >= 15 is 0 Å². The number of hydrogen-bond donors (Lipinski definition) is 1. The average Bonchev–Trinajstić information content (AvgIpc) is 2.49. The molecule has 0 aliphatic carbocycles. The minimum Gasteiger partial charge on any atom is -0.392 e. The molecule has 0 saturated carbocycles. The number of nitro groups is 1.